The van der Waals surface area contributed by atoms with Crippen LogP contribution in [0.5, 0.6) is 23.0 Å². The van der Waals surface area contributed by atoms with E-state index in [4.69, 9.17) is 14.2 Å². The summed E-state index contributed by atoms with van der Waals surface area (Å²) in [5.74, 6) is 1.18. The zero-order valence-electron chi connectivity index (χ0n) is 12.6. The lowest BCUT2D eigenvalue weighted by Crippen LogP contribution is -2.12. The molecule has 1 aliphatic heterocycles. The Morgan fingerprint density at radius 1 is 1.17 bits per heavy atom. The number of fused-ring (bicyclic) bond motifs is 3. The molecular weight excluding hydrogens is 310 g/mol. The van der Waals surface area contributed by atoms with E-state index in [2.05, 4.69) is 4.98 Å². The van der Waals surface area contributed by atoms with Crippen molar-refractivity contribution in [1.29, 1.82) is 0 Å². The average Bonchev–Trinajstić information content (AvgIpc) is 3.06. The Hall–Kier alpha value is -3.28. The summed E-state index contributed by atoms with van der Waals surface area (Å²) in [6, 6.07) is 6.85. The van der Waals surface area contributed by atoms with Gasteiger partial charge in [0.15, 0.2) is 23.0 Å². The number of nitrogens with zero attached hydrogens (tertiary/aromatic N) is 1. The normalized spacial score (nSPS) is 14.0. The van der Waals surface area contributed by atoms with Crippen LogP contribution in [0.3, 0.4) is 0 Å². The molecule has 1 aromatic heterocycles. The molecule has 0 saturated carbocycles. The number of methoxy groups -OCH3 is 1. The molecule has 0 saturated heterocycles. The van der Waals surface area contributed by atoms with Gasteiger partial charge in [-0.05, 0) is 29.7 Å². The first-order chi connectivity index (χ1) is 11.7. The SMILES string of the molecule is COc1cc2ccnc3c2c(c1O)-c1cc2c(cc1C3=O)OCO2. The van der Waals surface area contributed by atoms with Crippen LogP contribution < -0.4 is 14.2 Å². The van der Waals surface area contributed by atoms with Gasteiger partial charge in [-0.1, -0.05) is 0 Å². The Bertz CT molecular complexity index is 1060. The molecule has 24 heavy (non-hydrogen) atoms. The van der Waals surface area contributed by atoms with Crippen LogP contribution in [0.1, 0.15) is 16.1 Å². The molecule has 3 aromatic rings. The number of carbonyl (C=O) groups is 1. The number of hydrogen-bond donors (Lipinski definition) is 1. The number of ketones is 1. The second-order valence-electron chi connectivity index (χ2n) is 5.64. The number of aromatic nitrogens is 1. The number of ether oxygens (including phenoxy) is 3. The summed E-state index contributed by atoms with van der Waals surface area (Å²) in [4.78, 5) is 17.1. The van der Waals surface area contributed by atoms with E-state index in [0.717, 1.165) is 5.39 Å². The molecule has 6 nitrogen and oxygen atoms in total. The molecule has 0 radical (unpaired) electrons. The fourth-order valence-corrected chi connectivity index (χ4v) is 3.37. The van der Waals surface area contributed by atoms with Crippen molar-refractivity contribution < 1.29 is 24.1 Å². The molecule has 5 rings (SSSR count). The van der Waals surface area contributed by atoms with Crippen molar-refractivity contribution in [1.82, 2.24) is 4.98 Å². The second-order valence-corrected chi connectivity index (χ2v) is 5.64. The van der Waals surface area contributed by atoms with E-state index in [1.54, 1.807) is 30.5 Å². The van der Waals surface area contributed by atoms with Crippen LogP contribution in [0, 0.1) is 0 Å². The Labute approximate surface area is 136 Å². The van der Waals surface area contributed by atoms with Gasteiger partial charge in [0, 0.05) is 28.3 Å². The minimum atomic E-state index is -0.203. The summed E-state index contributed by atoms with van der Waals surface area (Å²) in [5, 5.41) is 12.1. The van der Waals surface area contributed by atoms with E-state index < -0.39 is 0 Å². The van der Waals surface area contributed by atoms with E-state index in [9.17, 15) is 9.90 Å². The Morgan fingerprint density at radius 2 is 1.92 bits per heavy atom. The van der Waals surface area contributed by atoms with Gasteiger partial charge in [0.1, 0.15) is 5.69 Å². The number of phenolic OH excluding ortho intramolecular Hbond substituents is 1. The van der Waals surface area contributed by atoms with Gasteiger partial charge in [-0.15, -0.1) is 0 Å². The molecule has 0 amide bonds. The number of pyridine rings is 1. The first-order valence-electron chi connectivity index (χ1n) is 7.36. The largest absolute Gasteiger partial charge is 0.504 e. The van der Waals surface area contributed by atoms with E-state index in [1.165, 1.54) is 7.11 Å². The Morgan fingerprint density at radius 3 is 2.67 bits per heavy atom. The number of rotatable bonds is 1. The smallest absolute Gasteiger partial charge is 0.231 e. The summed E-state index contributed by atoms with van der Waals surface area (Å²) in [5.41, 5.74) is 1.86. The van der Waals surface area contributed by atoms with Crippen LogP contribution in [0.15, 0.2) is 30.5 Å². The van der Waals surface area contributed by atoms with Crippen molar-refractivity contribution >= 4 is 16.6 Å². The quantitative estimate of drug-likeness (QED) is 0.581. The van der Waals surface area contributed by atoms with Gasteiger partial charge in [0.2, 0.25) is 12.6 Å². The predicted octanol–water partition coefficient (Wildman–Crippen LogP) is 2.89. The molecule has 2 heterocycles. The average molecular weight is 321 g/mol. The maximum atomic E-state index is 12.9. The molecule has 1 aliphatic carbocycles. The maximum absolute atomic E-state index is 12.9. The van der Waals surface area contributed by atoms with Crippen LogP contribution in [-0.2, 0) is 0 Å². The summed E-state index contributed by atoms with van der Waals surface area (Å²) in [7, 11) is 1.49. The van der Waals surface area contributed by atoms with Gasteiger partial charge >= 0.3 is 0 Å². The van der Waals surface area contributed by atoms with Gasteiger partial charge in [-0.25, -0.2) is 0 Å². The highest BCUT2D eigenvalue weighted by Gasteiger charge is 2.32. The summed E-state index contributed by atoms with van der Waals surface area (Å²) in [6.07, 6.45) is 1.58. The van der Waals surface area contributed by atoms with Gasteiger partial charge < -0.3 is 19.3 Å². The van der Waals surface area contributed by atoms with E-state index in [0.29, 0.717) is 45.0 Å². The van der Waals surface area contributed by atoms with Crippen molar-refractivity contribution in [2.75, 3.05) is 13.9 Å². The molecule has 2 aromatic carbocycles. The van der Waals surface area contributed by atoms with E-state index >= 15 is 0 Å². The summed E-state index contributed by atoms with van der Waals surface area (Å²) >= 11 is 0. The Kier molecular flexibility index (Phi) is 2.41. The van der Waals surface area contributed by atoms with Crippen LogP contribution in [0.4, 0.5) is 0 Å². The summed E-state index contributed by atoms with van der Waals surface area (Å²) in [6.45, 7) is 0.108. The first-order valence-corrected chi connectivity index (χ1v) is 7.36. The lowest BCUT2D eigenvalue weighted by Gasteiger charge is -2.21. The third kappa shape index (κ3) is 1.49. The highest BCUT2D eigenvalue weighted by Crippen LogP contribution is 2.50. The molecule has 0 spiro atoms. The molecule has 118 valence electrons. The predicted molar refractivity (Wildman–Crippen MR) is 85.0 cm³/mol. The summed E-state index contributed by atoms with van der Waals surface area (Å²) < 4.78 is 16.1. The highest BCUT2D eigenvalue weighted by atomic mass is 16.7. The molecule has 1 N–H and O–H groups in total. The number of carbonyl (C=O) groups excluding carboxylic acids is 1. The zero-order chi connectivity index (χ0) is 16.4. The van der Waals surface area contributed by atoms with Gasteiger partial charge in [0.25, 0.3) is 0 Å². The molecular formula is C18H11NO5. The third-order valence-electron chi connectivity index (χ3n) is 4.45. The molecule has 2 aliphatic rings. The van der Waals surface area contributed by atoms with Crippen molar-refractivity contribution in [3.63, 3.8) is 0 Å². The maximum Gasteiger partial charge on any atom is 0.231 e. The molecule has 6 heteroatoms. The lowest BCUT2D eigenvalue weighted by atomic mass is 9.84. The highest BCUT2D eigenvalue weighted by molar-refractivity contribution is 6.26. The number of hydrogen-bond acceptors (Lipinski definition) is 6. The molecule has 0 atom stereocenters. The van der Waals surface area contributed by atoms with E-state index in [-0.39, 0.29) is 18.3 Å². The lowest BCUT2D eigenvalue weighted by molar-refractivity contribution is 0.103. The Balaban J connectivity index is 1.98. The van der Waals surface area contributed by atoms with Crippen molar-refractivity contribution in [3.8, 4) is 34.1 Å². The van der Waals surface area contributed by atoms with Crippen LogP contribution >= 0.6 is 0 Å². The van der Waals surface area contributed by atoms with Gasteiger partial charge in [0.05, 0.1) is 7.11 Å². The fourth-order valence-electron chi connectivity index (χ4n) is 3.37. The molecule has 0 unspecified atom stereocenters. The van der Waals surface area contributed by atoms with Crippen LogP contribution in [0.25, 0.3) is 21.9 Å². The fraction of sp³-hybridized carbons (Fsp3) is 0.111. The minimum absolute atomic E-state index is 0.0214. The van der Waals surface area contributed by atoms with Crippen LogP contribution in [-0.4, -0.2) is 29.8 Å². The van der Waals surface area contributed by atoms with E-state index in [1.807, 2.05) is 0 Å². The van der Waals surface area contributed by atoms with Crippen LogP contribution in [0.2, 0.25) is 0 Å². The van der Waals surface area contributed by atoms with Gasteiger partial charge in [-0.3, -0.25) is 9.78 Å². The minimum Gasteiger partial charge on any atom is -0.504 e. The molecule has 0 fully saturated rings. The zero-order valence-corrected chi connectivity index (χ0v) is 12.6. The standard InChI is InChI=1S/C18H11NO5/c1-22-13-4-8-2-3-19-16-14(8)15(18(13)21)9-5-11-12(24-7-23-11)6-10(9)17(16)20/h2-6,21H,7H2,1H3. The topological polar surface area (TPSA) is 77.9 Å². The monoisotopic (exact) mass is 321 g/mol. The second kappa shape index (κ2) is 4.38. The van der Waals surface area contributed by atoms with Gasteiger partial charge in [-0.2, -0.15) is 0 Å². The number of benzene rings is 2. The number of phenols is 1. The first kappa shape index (κ1) is 13.2. The van der Waals surface area contributed by atoms with Crippen molar-refractivity contribution in [3.05, 3.63) is 41.7 Å². The number of aromatic hydroxyl groups is 1. The third-order valence-corrected chi connectivity index (χ3v) is 4.45. The van der Waals surface area contributed by atoms with Crippen molar-refractivity contribution in [2.45, 2.75) is 0 Å². The molecule has 0 bridgehead atoms. The van der Waals surface area contributed by atoms with Crippen molar-refractivity contribution in [2.24, 2.45) is 0 Å².